The number of nitrogens with two attached hydrogens (primary N) is 1. The van der Waals surface area contributed by atoms with Crippen LogP contribution in [0, 0.1) is 6.92 Å². The largest absolute Gasteiger partial charge is 0.494 e. The lowest BCUT2D eigenvalue weighted by molar-refractivity contribution is 0.103. The van der Waals surface area contributed by atoms with Gasteiger partial charge in [0, 0.05) is 16.8 Å². The van der Waals surface area contributed by atoms with E-state index in [-0.39, 0.29) is 5.78 Å². The van der Waals surface area contributed by atoms with Crippen molar-refractivity contribution in [2.24, 2.45) is 0 Å². The number of carbonyl (C=O) groups is 1. The predicted molar refractivity (Wildman–Crippen MR) is 76.6 cm³/mol. The zero-order chi connectivity index (χ0) is 13.8. The van der Waals surface area contributed by atoms with Crippen molar-refractivity contribution in [1.82, 2.24) is 0 Å². The van der Waals surface area contributed by atoms with Crippen LogP contribution in [-0.4, -0.2) is 12.4 Å². The second-order valence-corrected chi connectivity index (χ2v) is 4.36. The molecule has 2 rings (SSSR count). The van der Waals surface area contributed by atoms with E-state index in [1.54, 1.807) is 36.4 Å². The molecule has 0 fully saturated rings. The van der Waals surface area contributed by atoms with Crippen LogP contribution in [0.5, 0.6) is 5.75 Å². The van der Waals surface area contributed by atoms with Crippen LogP contribution in [0.4, 0.5) is 5.69 Å². The lowest BCUT2D eigenvalue weighted by atomic mass is 10.0. The molecule has 0 aliphatic heterocycles. The normalized spacial score (nSPS) is 10.2. The number of rotatable bonds is 4. The van der Waals surface area contributed by atoms with Crippen LogP contribution in [0.1, 0.15) is 28.4 Å². The first-order valence-electron chi connectivity index (χ1n) is 6.25. The lowest BCUT2D eigenvalue weighted by Gasteiger charge is -2.06. The maximum absolute atomic E-state index is 12.3. The van der Waals surface area contributed by atoms with Gasteiger partial charge in [-0.1, -0.05) is 12.1 Å². The fraction of sp³-hybridized carbons (Fsp3) is 0.188. The highest BCUT2D eigenvalue weighted by Crippen LogP contribution is 2.18. The summed E-state index contributed by atoms with van der Waals surface area (Å²) in [5.74, 6) is 0.734. The van der Waals surface area contributed by atoms with Gasteiger partial charge in [-0.25, -0.2) is 0 Å². The van der Waals surface area contributed by atoms with Crippen molar-refractivity contribution in [3.8, 4) is 5.75 Å². The Labute approximate surface area is 113 Å². The molecule has 0 atom stereocenters. The number of benzene rings is 2. The maximum Gasteiger partial charge on any atom is 0.193 e. The molecule has 2 aromatic rings. The first-order valence-corrected chi connectivity index (χ1v) is 6.25. The summed E-state index contributed by atoms with van der Waals surface area (Å²) in [5, 5.41) is 0. The summed E-state index contributed by atoms with van der Waals surface area (Å²) in [7, 11) is 0. The second kappa shape index (κ2) is 5.57. The summed E-state index contributed by atoms with van der Waals surface area (Å²) in [6.07, 6.45) is 0. The minimum atomic E-state index is -0.0326. The lowest BCUT2D eigenvalue weighted by Crippen LogP contribution is -2.03. The van der Waals surface area contributed by atoms with E-state index in [0.717, 1.165) is 11.3 Å². The fourth-order valence-electron chi connectivity index (χ4n) is 1.82. The number of carbonyl (C=O) groups excluding carboxylic acids is 1. The summed E-state index contributed by atoms with van der Waals surface area (Å²) in [6, 6.07) is 12.5. The van der Waals surface area contributed by atoms with E-state index < -0.39 is 0 Å². The van der Waals surface area contributed by atoms with Crippen LogP contribution in [0.3, 0.4) is 0 Å². The van der Waals surface area contributed by atoms with E-state index in [0.29, 0.717) is 23.4 Å². The fourth-order valence-corrected chi connectivity index (χ4v) is 1.82. The Morgan fingerprint density at radius 2 is 1.74 bits per heavy atom. The molecule has 98 valence electrons. The monoisotopic (exact) mass is 255 g/mol. The number of ketones is 1. The summed E-state index contributed by atoms with van der Waals surface area (Å²) in [4.78, 5) is 12.3. The van der Waals surface area contributed by atoms with Crippen molar-refractivity contribution in [3.05, 3.63) is 59.2 Å². The number of anilines is 1. The SMILES string of the molecule is CCOc1ccc(C(=O)c2ccc(C)c(N)c2)cc1. The highest BCUT2D eigenvalue weighted by atomic mass is 16.5. The van der Waals surface area contributed by atoms with Crippen molar-refractivity contribution in [2.45, 2.75) is 13.8 Å². The third kappa shape index (κ3) is 2.94. The van der Waals surface area contributed by atoms with Crippen molar-refractivity contribution < 1.29 is 9.53 Å². The maximum atomic E-state index is 12.3. The summed E-state index contributed by atoms with van der Waals surface area (Å²) in [5.41, 5.74) is 8.67. The quantitative estimate of drug-likeness (QED) is 0.674. The Morgan fingerprint density at radius 3 is 2.32 bits per heavy atom. The smallest absolute Gasteiger partial charge is 0.193 e. The zero-order valence-corrected chi connectivity index (χ0v) is 11.1. The zero-order valence-electron chi connectivity index (χ0n) is 11.1. The van der Waals surface area contributed by atoms with E-state index in [1.165, 1.54) is 0 Å². The summed E-state index contributed by atoms with van der Waals surface area (Å²) < 4.78 is 5.35. The minimum Gasteiger partial charge on any atom is -0.494 e. The Hall–Kier alpha value is -2.29. The molecule has 0 heterocycles. The van der Waals surface area contributed by atoms with Gasteiger partial charge in [-0.2, -0.15) is 0 Å². The van der Waals surface area contributed by atoms with Gasteiger partial charge in [0.15, 0.2) is 5.78 Å². The molecule has 3 heteroatoms. The average Bonchev–Trinajstić information content (AvgIpc) is 2.42. The van der Waals surface area contributed by atoms with Gasteiger partial charge in [0.25, 0.3) is 0 Å². The van der Waals surface area contributed by atoms with E-state index in [4.69, 9.17) is 10.5 Å². The standard InChI is InChI=1S/C16H17NO2/c1-3-19-14-8-6-12(7-9-14)16(18)13-5-4-11(2)15(17)10-13/h4-10H,3,17H2,1-2H3. The molecule has 0 bridgehead atoms. The molecule has 2 N–H and O–H groups in total. The van der Waals surface area contributed by atoms with Gasteiger partial charge in [-0.15, -0.1) is 0 Å². The second-order valence-electron chi connectivity index (χ2n) is 4.36. The van der Waals surface area contributed by atoms with E-state index in [9.17, 15) is 4.79 Å². The van der Waals surface area contributed by atoms with Crippen LogP contribution in [-0.2, 0) is 0 Å². The third-order valence-corrected chi connectivity index (χ3v) is 2.97. The molecule has 0 aromatic heterocycles. The van der Waals surface area contributed by atoms with Gasteiger partial charge in [0.1, 0.15) is 5.75 Å². The third-order valence-electron chi connectivity index (χ3n) is 2.97. The molecular formula is C16H17NO2. The number of hydrogen-bond acceptors (Lipinski definition) is 3. The van der Waals surface area contributed by atoms with Crippen molar-refractivity contribution in [2.75, 3.05) is 12.3 Å². The molecule has 0 radical (unpaired) electrons. The topological polar surface area (TPSA) is 52.3 Å². The molecule has 0 aliphatic rings. The first-order chi connectivity index (χ1) is 9.11. The highest BCUT2D eigenvalue weighted by molar-refractivity contribution is 6.09. The van der Waals surface area contributed by atoms with Gasteiger partial charge >= 0.3 is 0 Å². The molecule has 0 unspecified atom stereocenters. The minimum absolute atomic E-state index is 0.0326. The molecule has 0 spiro atoms. The molecule has 0 amide bonds. The van der Waals surface area contributed by atoms with Gasteiger partial charge in [0.05, 0.1) is 6.61 Å². The van der Waals surface area contributed by atoms with Crippen molar-refractivity contribution in [3.63, 3.8) is 0 Å². The molecular weight excluding hydrogens is 238 g/mol. The van der Waals surface area contributed by atoms with Crippen molar-refractivity contribution >= 4 is 11.5 Å². The molecule has 0 aliphatic carbocycles. The number of nitrogen functional groups attached to an aromatic ring is 1. The molecule has 19 heavy (non-hydrogen) atoms. The number of hydrogen-bond donors (Lipinski definition) is 1. The van der Waals surface area contributed by atoms with Gasteiger partial charge in [-0.05, 0) is 49.7 Å². The van der Waals surface area contributed by atoms with Gasteiger partial charge in [0.2, 0.25) is 0 Å². The van der Waals surface area contributed by atoms with E-state index >= 15 is 0 Å². The Kier molecular flexibility index (Phi) is 3.85. The van der Waals surface area contributed by atoms with Crippen LogP contribution in [0.15, 0.2) is 42.5 Å². The van der Waals surface area contributed by atoms with Crippen molar-refractivity contribution in [1.29, 1.82) is 0 Å². The molecule has 0 saturated heterocycles. The van der Waals surface area contributed by atoms with Crippen LogP contribution >= 0.6 is 0 Å². The van der Waals surface area contributed by atoms with E-state index in [2.05, 4.69) is 0 Å². The number of aryl methyl sites for hydroxylation is 1. The van der Waals surface area contributed by atoms with Gasteiger partial charge < -0.3 is 10.5 Å². The van der Waals surface area contributed by atoms with Gasteiger partial charge in [-0.3, -0.25) is 4.79 Å². The summed E-state index contributed by atoms with van der Waals surface area (Å²) >= 11 is 0. The van der Waals surface area contributed by atoms with Crippen LogP contribution in [0.25, 0.3) is 0 Å². The van der Waals surface area contributed by atoms with Crippen LogP contribution in [0.2, 0.25) is 0 Å². The van der Waals surface area contributed by atoms with Crippen LogP contribution < -0.4 is 10.5 Å². The molecule has 0 saturated carbocycles. The number of ether oxygens (including phenoxy) is 1. The average molecular weight is 255 g/mol. The Balaban J connectivity index is 2.25. The molecule has 3 nitrogen and oxygen atoms in total. The Morgan fingerprint density at radius 1 is 1.11 bits per heavy atom. The highest BCUT2D eigenvalue weighted by Gasteiger charge is 2.10. The molecule has 2 aromatic carbocycles. The van der Waals surface area contributed by atoms with E-state index in [1.807, 2.05) is 19.9 Å². The Bertz CT molecular complexity index is 588. The predicted octanol–water partition coefficient (Wildman–Crippen LogP) is 3.21. The first kappa shape index (κ1) is 13.1. The summed E-state index contributed by atoms with van der Waals surface area (Å²) in [6.45, 7) is 4.45.